The average molecular weight is 422 g/mol. The molecule has 0 unspecified atom stereocenters. The number of halogens is 2. The number of carbonyl (C=O) groups excluding carboxylic acids is 1. The number of carbonyl (C=O) groups is 2. The molecule has 0 fully saturated rings. The Balaban J connectivity index is 3.06. The summed E-state index contributed by atoms with van der Waals surface area (Å²) < 4.78 is 1.14. The molecule has 0 spiro atoms. The maximum atomic E-state index is 12.3. The Kier molecular flexibility index (Phi) is 6.67. The molecule has 2 N–H and O–H groups in total. The molecule has 0 saturated carbocycles. The highest BCUT2D eigenvalue weighted by molar-refractivity contribution is 9.11. The topological polar surface area (TPSA) is 69.6 Å². The number of anilines is 1. The number of benzene rings is 1. The Labute approximate surface area is 141 Å². The van der Waals surface area contributed by atoms with Gasteiger partial charge >= 0.3 is 12.0 Å². The highest BCUT2D eigenvalue weighted by atomic mass is 79.9. The van der Waals surface area contributed by atoms with Gasteiger partial charge in [-0.15, -0.1) is 0 Å². The fraction of sp³-hybridized carbons (Fsp3) is 0.429. The number of carboxylic acids is 1. The fourth-order valence-corrected chi connectivity index (χ4v) is 3.18. The fourth-order valence-electron chi connectivity index (χ4n) is 1.85. The van der Waals surface area contributed by atoms with Gasteiger partial charge in [-0.05, 0) is 40.9 Å². The quantitative estimate of drug-likeness (QED) is 0.739. The van der Waals surface area contributed by atoms with Crippen molar-refractivity contribution in [3.8, 4) is 0 Å². The first kappa shape index (κ1) is 18.0. The Bertz CT molecular complexity index is 547. The number of hydrogen-bond donors (Lipinski definition) is 2. The summed E-state index contributed by atoms with van der Waals surface area (Å²) in [5.74, 6) is -0.762. The number of hydrogen-bond acceptors (Lipinski definition) is 2. The normalized spacial score (nSPS) is 10.6. The van der Waals surface area contributed by atoms with E-state index < -0.39 is 5.97 Å². The summed E-state index contributed by atoms with van der Waals surface area (Å²) in [5.41, 5.74) is 0.295. The van der Waals surface area contributed by atoms with E-state index >= 15 is 0 Å². The van der Waals surface area contributed by atoms with Gasteiger partial charge in [0.15, 0.2) is 0 Å². The van der Waals surface area contributed by atoms with E-state index in [1.807, 2.05) is 20.8 Å². The van der Waals surface area contributed by atoms with Crippen molar-refractivity contribution in [3.05, 3.63) is 26.6 Å². The molecule has 0 aromatic heterocycles. The van der Waals surface area contributed by atoms with Crippen LogP contribution in [0, 0.1) is 5.92 Å². The molecule has 0 aliphatic rings. The largest absolute Gasteiger partial charge is 0.478 e. The summed E-state index contributed by atoms with van der Waals surface area (Å²) in [6.07, 6.45) is 0. The van der Waals surface area contributed by atoms with Crippen molar-refractivity contribution < 1.29 is 14.7 Å². The minimum absolute atomic E-state index is 0.0326. The first-order valence-corrected chi connectivity index (χ1v) is 8.13. The lowest BCUT2D eigenvalue weighted by Gasteiger charge is -2.24. The van der Waals surface area contributed by atoms with Gasteiger partial charge < -0.3 is 15.3 Å². The summed E-state index contributed by atoms with van der Waals surface area (Å²) in [6, 6.07) is 2.85. The van der Waals surface area contributed by atoms with E-state index in [1.54, 1.807) is 11.0 Å². The number of carboxylic acid groups (broad SMARTS) is 1. The van der Waals surface area contributed by atoms with Gasteiger partial charge in [0.25, 0.3) is 0 Å². The van der Waals surface area contributed by atoms with Crippen LogP contribution in [0.15, 0.2) is 21.1 Å². The third-order valence-electron chi connectivity index (χ3n) is 2.77. The van der Waals surface area contributed by atoms with E-state index in [9.17, 15) is 14.7 Å². The van der Waals surface area contributed by atoms with Gasteiger partial charge in [0, 0.05) is 22.0 Å². The van der Waals surface area contributed by atoms with Crippen LogP contribution in [0.3, 0.4) is 0 Å². The smallest absolute Gasteiger partial charge is 0.337 e. The van der Waals surface area contributed by atoms with Gasteiger partial charge in [0.2, 0.25) is 0 Å². The van der Waals surface area contributed by atoms with Gasteiger partial charge in [-0.25, -0.2) is 9.59 Å². The van der Waals surface area contributed by atoms with Gasteiger partial charge in [0.05, 0.1) is 11.3 Å². The van der Waals surface area contributed by atoms with Crippen molar-refractivity contribution in [2.24, 2.45) is 5.92 Å². The van der Waals surface area contributed by atoms with Crippen molar-refractivity contribution in [2.45, 2.75) is 20.8 Å². The summed E-state index contributed by atoms with van der Waals surface area (Å²) in [4.78, 5) is 25.2. The number of aromatic carboxylic acids is 1. The van der Waals surface area contributed by atoms with Crippen molar-refractivity contribution in [2.75, 3.05) is 18.4 Å². The third kappa shape index (κ3) is 5.00. The van der Waals surface area contributed by atoms with E-state index in [0.29, 0.717) is 28.0 Å². The zero-order valence-corrected chi connectivity index (χ0v) is 15.3. The van der Waals surface area contributed by atoms with Crippen molar-refractivity contribution in [3.63, 3.8) is 0 Å². The molecular weight excluding hydrogens is 404 g/mol. The molecule has 0 atom stereocenters. The molecule has 1 aromatic carbocycles. The van der Waals surface area contributed by atoms with Crippen LogP contribution in [0.25, 0.3) is 0 Å². The Morgan fingerprint density at radius 2 is 1.95 bits per heavy atom. The first-order chi connectivity index (χ1) is 9.76. The van der Waals surface area contributed by atoms with E-state index in [1.165, 1.54) is 6.07 Å². The molecule has 1 aromatic rings. The van der Waals surface area contributed by atoms with Gasteiger partial charge in [-0.1, -0.05) is 29.8 Å². The molecule has 21 heavy (non-hydrogen) atoms. The molecule has 1 rings (SSSR count). The van der Waals surface area contributed by atoms with Crippen molar-refractivity contribution in [1.29, 1.82) is 0 Å². The average Bonchev–Trinajstić information content (AvgIpc) is 2.37. The minimum Gasteiger partial charge on any atom is -0.478 e. The zero-order chi connectivity index (χ0) is 16.2. The molecule has 7 heteroatoms. The molecule has 0 radical (unpaired) electrons. The minimum atomic E-state index is -1.10. The van der Waals surface area contributed by atoms with Gasteiger partial charge in [0.1, 0.15) is 0 Å². The summed E-state index contributed by atoms with van der Waals surface area (Å²) in [7, 11) is 0. The van der Waals surface area contributed by atoms with E-state index in [4.69, 9.17) is 0 Å². The van der Waals surface area contributed by atoms with Crippen LogP contribution in [0.2, 0.25) is 0 Å². The van der Waals surface area contributed by atoms with Crippen molar-refractivity contribution in [1.82, 2.24) is 4.90 Å². The molecule has 0 saturated heterocycles. The third-order valence-corrected chi connectivity index (χ3v) is 3.86. The maximum absolute atomic E-state index is 12.3. The number of urea groups is 1. The predicted molar refractivity (Wildman–Crippen MR) is 89.9 cm³/mol. The van der Waals surface area contributed by atoms with E-state index in [2.05, 4.69) is 37.2 Å². The molecule has 2 amide bonds. The van der Waals surface area contributed by atoms with Crippen LogP contribution in [0.5, 0.6) is 0 Å². The highest BCUT2D eigenvalue weighted by Gasteiger charge is 2.20. The molecule has 0 aliphatic heterocycles. The number of nitrogens with zero attached hydrogens (tertiary/aromatic N) is 1. The van der Waals surface area contributed by atoms with Crippen LogP contribution < -0.4 is 5.32 Å². The lowest BCUT2D eigenvalue weighted by atomic mass is 10.2. The first-order valence-electron chi connectivity index (χ1n) is 6.54. The number of nitrogens with one attached hydrogen (secondary N) is 1. The molecule has 0 aliphatic carbocycles. The van der Waals surface area contributed by atoms with Crippen LogP contribution in [-0.4, -0.2) is 35.1 Å². The summed E-state index contributed by atoms with van der Waals surface area (Å²) >= 11 is 6.53. The second kappa shape index (κ2) is 7.79. The molecule has 5 nitrogen and oxygen atoms in total. The summed E-state index contributed by atoms with van der Waals surface area (Å²) in [6.45, 7) is 7.10. The van der Waals surface area contributed by atoms with Crippen molar-refractivity contribution >= 4 is 49.5 Å². The Morgan fingerprint density at radius 1 is 1.33 bits per heavy atom. The number of amides is 2. The predicted octanol–water partition coefficient (Wildman–Crippen LogP) is 4.42. The summed E-state index contributed by atoms with van der Waals surface area (Å²) in [5, 5.41) is 11.9. The number of rotatable bonds is 5. The van der Waals surface area contributed by atoms with E-state index in [0.717, 1.165) is 0 Å². The standard InChI is InChI=1S/C14H18Br2N2O3/c1-4-18(7-8(2)3)14(21)17-12-10(13(19)20)5-9(15)6-11(12)16/h5-6,8H,4,7H2,1-3H3,(H,17,21)(H,19,20). The SMILES string of the molecule is CCN(CC(C)C)C(=O)Nc1c(Br)cc(Br)cc1C(=O)O. The van der Waals surface area contributed by atoms with E-state index in [-0.39, 0.29) is 17.3 Å². The molecule has 0 bridgehead atoms. The van der Waals surface area contributed by atoms with Crippen LogP contribution in [-0.2, 0) is 0 Å². The van der Waals surface area contributed by atoms with Crippen LogP contribution in [0.4, 0.5) is 10.5 Å². The molecule has 116 valence electrons. The van der Waals surface area contributed by atoms with Gasteiger partial charge in [-0.3, -0.25) is 0 Å². The van der Waals surface area contributed by atoms with Crippen LogP contribution in [0.1, 0.15) is 31.1 Å². The lowest BCUT2D eigenvalue weighted by Crippen LogP contribution is -2.37. The van der Waals surface area contributed by atoms with Crippen LogP contribution >= 0.6 is 31.9 Å². The lowest BCUT2D eigenvalue weighted by molar-refractivity contribution is 0.0698. The highest BCUT2D eigenvalue weighted by Crippen LogP contribution is 2.31. The molecular formula is C14H18Br2N2O3. The Morgan fingerprint density at radius 3 is 2.43 bits per heavy atom. The van der Waals surface area contributed by atoms with Gasteiger partial charge in [-0.2, -0.15) is 0 Å². The zero-order valence-electron chi connectivity index (χ0n) is 12.1. The Hall–Kier alpha value is -1.08. The molecule has 0 heterocycles. The monoisotopic (exact) mass is 420 g/mol. The second-order valence-electron chi connectivity index (χ2n) is 4.98. The maximum Gasteiger partial charge on any atom is 0.337 e. The second-order valence-corrected chi connectivity index (χ2v) is 6.75.